The van der Waals surface area contributed by atoms with Gasteiger partial charge >= 0.3 is 0 Å². The largest absolute Gasteiger partial charge is 0.348 e. The number of carbonyl (C=O) groups is 1. The van der Waals surface area contributed by atoms with Crippen molar-refractivity contribution < 1.29 is 4.79 Å². The van der Waals surface area contributed by atoms with Gasteiger partial charge in [0, 0.05) is 12.1 Å². The molecule has 0 aromatic carbocycles. The molecule has 1 heterocycles. The summed E-state index contributed by atoms with van der Waals surface area (Å²) < 4.78 is 0. The van der Waals surface area contributed by atoms with E-state index in [-0.39, 0.29) is 17.5 Å². The highest BCUT2D eigenvalue weighted by molar-refractivity contribution is 5.83. The van der Waals surface area contributed by atoms with Crippen LogP contribution in [-0.4, -0.2) is 30.6 Å². The topological polar surface area (TPSA) is 67.1 Å². The molecule has 1 fully saturated rings. The zero-order chi connectivity index (χ0) is 11.5. The van der Waals surface area contributed by atoms with Crippen LogP contribution in [0.4, 0.5) is 0 Å². The Balaban J connectivity index is 2.46. The summed E-state index contributed by atoms with van der Waals surface area (Å²) in [6.45, 7) is 7.73. The van der Waals surface area contributed by atoms with E-state index in [0.29, 0.717) is 12.5 Å². The maximum atomic E-state index is 11.8. The van der Waals surface area contributed by atoms with E-state index in [1.807, 2.05) is 6.92 Å². The molecule has 1 saturated heterocycles. The van der Waals surface area contributed by atoms with Crippen LogP contribution in [0.3, 0.4) is 0 Å². The van der Waals surface area contributed by atoms with Gasteiger partial charge in [0.05, 0.1) is 6.04 Å². The maximum absolute atomic E-state index is 11.8. The van der Waals surface area contributed by atoms with E-state index in [1.54, 1.807) is 0 Å². The Kier molecular flexibility index (Phi) is 4.11. The molecule has 0 aromatic heterocycles. The quantitative estimate of drug-likeness (QED) is 0.612. The van der Waals surface area contributed by atoms with Crippen molar-refractivity contribution in [3.05, 3.63) is 0 Å². The second-order valence-corrected chi connectivity index (χ2v) is 5.15. The Morgan fingerprint density at radius 1 is 1.67 bits per heavy atom. The van der Waals surface area contributed by atoms with Crippen molar-refractivity contribution in [2.45, 2.75) is 45.2 Å². The minimum atomic E-state index is -0.261. The molecule has 4 N–H and O–H groups in total. The fourth-order valence-electron chi connectivity index (χ4n) is 1.98. The highest BCUT2D eigenvalue weighted by Crippen LogP contribution is 2.16. The SMILES string of the molecule is CC(C)CC(C)(CN)NC(=O)[C@H]1CCN1. The van der Waals surface area contributed by atoms with Gasteiger partial charge in [-0.15, -0.1) is 0 Å². The Bertz CT molecular complexity index is 226. The third-order valence-corrected chi connectivity index (χ3v) is 2.87. The van der Waals surface area contributed by atoms with Gasteiger partial charge in [0.2, 0.25) is 5.91 Å². The Hall–Kier alpha value is -0.610. The predicted octanol–water partition coefficient (Wildman–Crippen LogP) is 0.228. The molecular formula is C11H23N3O. The molecule has 4 heteroatoms. The third-order valence-electron chi connectivity index (χ3n) is 2.87. The summed E-state index contributed by atoms with van der Waals surface area (Å²) in [6, 6.07) is 0.00281. The van der Waals surface area contributed by atoms with Crippen molar-refractivity contribution in [1.82, 2.24) is 10.6 Å². The van der Waals surface area contributed by atoms with Crippen LogP contribution in [-0.2, 0) is 4.79 Å². The van der Waals surface area contributed by atoms with Gasteiger partial charge < -0.3 is 16.4 Å². The van der Waals surface area contributed by atoms with E-state index in [2.05, 4.69) is 24.5 Å². The normalized spacial score (nSPS) is 24.5. The van der Waals surface area contributed by atoms with E-state index in [9.17, 15) is 4.79 Å². The number of nitrogens with one attached hydrogen (secondary N) is 2. The molecule has 0 radical (unpaired) electrons. The molecule has 0 saturated carbocycles. The summed E-state index contributed by atoms with van der Waals surface area (Å²) >= 11 is 0. The molecule has 2 atom stereocenters. The molecule has 88 valence electrons. The van der Waals surface area contributed by atoms with Crippen LogP contribution in [0.2, 0.25) is 0 Å². The molecule has 15 heavy (non-hydrogen) atoms. The molecular weight excluding hydrogens is 190 g/mol. The smallest absolute Gasteiger partial charge is 0.237 e. The summed E-state index contributed by atoms with van der Waals surface area (Å²) in [5.74, 6) is 0.628. The highest BCUT2D eigenvalue weighted by atomic mass is 16.2. The van der Waals surface area contributed by atoms with E-state index in [1.165, 1.54) is 0 Å². The zero-order valence-corrected chi connectivity index (χ0v) is 9.97. The van der Waals surface area contributed by atoms with Crippen molar-refractivity contribution >= 4 is 5.91 Å². The molecule has 0 aliphatic carbocycles. The molecule has 1 rings (SSSR count). The van der Waals surface area contributed by atoms with Crippen LogP contribution in [0.5, 0.6) is 0 Å². The molecule has 1 unspecified atom stereocenters. The first-order valence-electron chi connectivity index (χ1n) is 5.72. The number of amides is 1. The van der Waals surface area contributed by atoms with E-state index < -0.39 is 0 Å². The summed E-state index contributed by atoms with van der Waals surface area (Å²) in [7, 11) is 0. The predicted molar refractivity (Wildman–Crippen MR) is 61.5 cm³/mol. The van der Waals surface area contributed by atoms with Gasteiger partial charge in [-0.25, -0.2) is 0 Å². The standard InChI is InChI=1S/C11H23N3O/c1-8(2)6-11(3,7-12)14-10(15)9-4-5-13-9/h8-9,13H,4-7,12H2,1-3H3,(H,14,15)/t9-,11?/m1/s1. The Morgan fingerprint density at radius 3 is 2.60 bits per heavy atom. The van der Waals surface area contributed by atoms with Crippen molar-refractivity contribution in [3.8, 4) is 0 Å². The minimum absolute atomic E-state index is 0.00281. The van der Waals surface area contributed by atoms with Crippen LogP contribution in [0.15, 0.2) is 0 Å². The number of nitrogens with two attached hydrogens (primary N) is 1. The van der Waals surface area contributed by atoms with Gasteiger partial charge in [-0.3, -0.25) is 4.79 Å². The van der Waals surface area contributed by atoms with E-state index in [0.717, 1.165) is 19.4 Å². The highest BCUT2D eigenvalue weighted by Gasteiger charge is 2.31. The maximum Gasteiger partial charge on any atom is 0.237 e. The Labute approximate surface area is 92.0 Å². The average molecular weight is 213 g/mol. The van der Waals surface area contributed by atoms with Crippen LogP contribution in [0, 0.1) is 5.92 Å². The van der Waals surface area contributed by atoms with Crippen molar-refractivity contribution in [2.24, 2.45) is 11.7 Å². The van der Waals surface area contributed by atoms with Crippen molar-refractivity contribution in [2.75, 3.05) is 13.1 Å². The van der Waals surface area contributed by atoms with Crippen LogP contribution in [0.25, 0.3) is 0 Å². The summed E-state index contributed by atoms with van der Waals surface area (Å²) in [6.07, 6.45) is 1.86. The third kappa shape index (κ3) is 3.47. The molecule has 1 amide bonds. The van der Waals surface area contributed by atoms with Crippen LogP contribution >= 0.6 is 0 Å². The van der Waals surface area contributed by atoms with Gasteiger partial charge in [0.15, 0.2) is 0 Å². The first-order chi connectivity index (χ1) is 6.97. The lowest BCUT2D eigenvalue weighted by molar-refractivity contribution is -0.126. The zero-order valence-electron chi connectivity index (χ0n) is 9.97. The van der Waals surface area contributed by atoms with Crippen molar-refractivity contribution in [1.29, 1.82) is 0 Å². The lowest BCUT2D eigenvalue weighted by Crippen LogP contribution is -2.60. The van der Waals surface area contributed by atoms with E-state index >= 15 is 0 Å². The summed E-state index contributed by atoms with van der Waals surface area (Å²) in [5.41, 5.74) is 5.47. The number of hydrogen-bond acceptors (Lipinski definition) is 3. The lowest BCUT2D eigenvalue weighted by atomic mass is 9.90. The number of hydrogen-bond donors (Lipinski definition) is 3. The molecule has 1 aliphatic rings. The number of rotatable bonds is 5. The van der Waals surface area contributed by atoms with Crippen LogP contribution < -0.4 is 16.4 Å². The van der Waals surface area contributed by atoms with Crippen molar-refractivity contribution in [3.63, 3.8) is 0 Å². The molecule has 0 bridgehead atoms. The second kappa shape index (κ2) is 4.94. The van der Waals surface area contributed by atoms with Gasteiger partial charge in [0.25, 0.3) is 0 Å². The molecule has 0 aromatic rings. The molecule has 0 spiro atoms. The fraction of sp³-hybridized carbons (Fsp3) is 0.909. The lowest BCUT2D eigenvalue weighted by Gasteiger charge is -2.35. The fourth-order valence-corrected chi connectivity index (χ4v) is 1.98. The monoisotopic (exact) mass is 213 g/mol. The minimum Gasteiger partial charge on any atom is -0.348 e. The van der Waals surface area contributed by atoms with Gasteiger partial charge in [-0.2, -0.15) is 0 Å². The second-order valence-electron chi connectivity index (χ2n) is 5.15. The van der Waals surface area contributed by atoms with Gasteiger partial charge in [0.1, 0.15) is 0 Å². The average Bonchev–Trinajstić information content (AvgIpc) is 1.98. The first-order valence-corrected chi connectivity index (χ1v) is 5.72. The summed E-state index contributed by atoms with van der Waals surface area (Å²) in [5, 5.41) is 6.14. The van der Waals surface area contributed by atoms with Crippen LogP contribution in [0.1, 0.15) is 33.6 Å². The Morgan fingerprint density at radius 2 is 2.27 bits per heavy atom. The summed E-state index contributed by atoms with van der Waals surface area (Å²) in [4.78, 5) is 11.8. The molecule has 1 aliphatic heterocycles. The first kappa shape index (κ1) is 12.5. The van der Waals surface area contributed by atoms with Gasteiger partial charge in [-0.05, 0) is 32.2 Å². The number of carbonyl (C=O) groups excluding carboxylic acids is 1. The molecule has 4 nitrogen and oxygen atoms in total. The van der Waals surface area contributed by atoms with E-state index in [4.69, 9.17) is 5.73 Å². The van der Waals surface area contributed by atoms with Gasteiger partial charge in [-0.1, -0.05) is 13.8 Å².